The van der Waals surface area contributed by atoms with Crippen LogP contribution in [-0.2, 0) is 13.6 Å². The van der Waals surface area contributed by atoms with E-state index in [-0.39, 0.29) is 0 Å². The Balaban J connectivity index is 2.35. The summed E-state index contributed by atoms with van der Waals surface area (Å²) >= 11 is 5.10. The highest BCUT2D eigenvalue weighted by atomic mass is 32.1. The molecule has 5 nitrogen and oxygen atoms in total. The quantitative estimate of drug-likeness (QED) is 0.850. The Kier molecular flexibility index (Phi) is 3.38. The maximum Gasteiger partial charge on any atom is 0.137 e. The zero-order valence-electron chi connectivity index (χ0n) is 10.7. The van der Waals surface area contributed by atoms with Gasteiger partial charge in [-0.15, -0.1) is 0 Å². The Morgan fingerprint density at radius 3 is 2.89 bits per heavy atom. The van der Waals surface area contributed by atoms with Gasteiger partial charge in [0.05, 0.1) is 23.8 Å². The van der Waals surface area contributed by atoms with Crippen molar-refractivity contribution in [3.8, 4) is 0 Å². The van der Waals surface area contributed by atoms with Gasteiger partial charge in [-0.2, -0.15) is 5.10 Å². The molecule has 18 heavy (non-hydrogen) atoms. The van der Waals surface area contributed by atoms with Gasteiger partial charge in [-0.05, 0) is 13.0 Å². The van der Waals surface area contributed by atoms with E-state index in [2.05, 4.69) is 10.00 Å². The van der Waals surface area contributed by atoms with Crippen LogP contribution in [0.2, 0.25) is 0 Å². The number of anilines is 1. The van der Waals surface area contributed by atoms with Crippen molar-refractivity contribution < 1.29 is 4.42 Å². The van der Waals surface area contributed by atoms with Gasteiger partial charge in [0.25, 0.3) is 0 Å². The molecule has 0 unspecified atom stereocenters. The highest BCUT2D eigenvalue weighted by Crippen LogP contribution is 2.23. The van der Waals surface area contributed by atoms with Crippen molar-refractivity contribution >= 4 is 23.0 Å². The first kappa shape index (κ1) is 12.6. The third-order valence-corrected chi connectivity index (χ3v) is 3.00. The first-order valence-electron chi connectivity index (χ1n) is 5.56. The molecule has 0 saturated carbocycles. The van der Waals surface area contributed by atoms with Gasteiger partial charge in [0.15, 0.2) is 0 Å². The van der Waals surface area contributed by atoms with Gasteiger partial charge in [-0.1, -0.05) is 12.2 Å². The van der Waals surface area contributed by atoms with E-state index < -0.39 is 0 Å². The zero-order valence-corrected chi connectivity index (χ0v) is 11.5. The third-order valence-electron chi connectivity index (χ3n) is 2.80. The Morgan fingerprint density at radius 1 is 1.61 bits per heavy atom. The van der Waals surface area contributed by atoms with Gasteiger partial charge < -0.3 is 15.1 Å². The molecule has 2 heterocycles. The molecule has 0 saturated heterocycles. The van der Waals surface area contributed by atoms with Crippen molar-refractivity contribution in [3.63, 3.8) is 0 Å². The molecule has 0 radical (unpaired) electrons. The number of furan rings is 1. The minimum Gasteiger partial charge on any atom is -0.472 e. The third kappa shape index (κ3) is 2.24. The average molecular weight is 264 g/mol. The van der Waals surface area contributed by atoms with Crippen LogP contribution in [0.1, 0.15) is 16.8 Å². The average Bonchev–Trinajstić information content (AvgIpc) is 2.85. The van der Waals surface area contributed by atoms with Crippen LogP contribution < -0.4 is 10.6 Å². The van der Waals surface area contributed by atoms with E-state index in [1.54, 1.807) is 17.2 Å². The lowest BCUT2D eigenvalue weighted by atomic mass is 10.2. The summed E-state index contributed by atoms with van der Waals surface area (Å²) in [6, 6.07) is 1.93. The molecule has 2 aromatic rings. The normalized spacial score (nSPS) is 10.6. The smallest absolute Gasteiger partial charge is 0.137 e. The van der Waals surface area contributed by atoms with Gasteiger partial charge in [-0.3, -0.25) is 4.68 Å². The minimum absolute atomic E-state index is 0.370. The summed E-state index contributed by atoms with van der Waals surface area (Å²) in [4.78, 5) is 2.42. The highest BCUT2D eigenvalue weighted by Gasteiger charge is 2.19. The Morgan fingerprint density at radius 2 is 2.33 bits per heavy atom. The number of nitrogens with zero attached hydrogens (tertiary/aromatic N) is 3. The van der Waals surface area contributed by atoms with E-state index in [0.29, 0.717) is 11.5 Å². The van der Waals surface area contributed by atoms with E-state index in [0.717, 1.165) is 22.6 Å². The fraction of sp³-hybridized carbons (Fsp3) is 0.333. The Hall–Kier alpha value is -1.82. The highest BCUT2D eigenvalue weighted by molar-refractivity contribution is 7.80. The molecule has 0 aliphatic rings. The lowest BCUT2D eigenvalue weighted by molar-refractivity contribution is 0.563. The number of nitrogens with two attached hydrogens (primary N) is 1. The second kappa shape index (κ2) is 4.81. The van der Waals surface area contributed by atoms with Crippen LogP contribution in [0, 0.1) is 6.92 Å². The van der Waals surface area contributed by atoms with E-state index in [1.807, 2.05) is 27.1 Å². The Labute approximate surface area is 111 Å². The molecule has 0 amide bonds. The number of aromatic nitrogens is 2. The predicted octanol–water partition coefficient (Wildman–Crippen LogP) is 1.59. The maximum atomic E-state index is 5.77. The van der Waals surface area contributed by atoms with Gasteiger partial charge in [0.1, 0.15) is 10.8 Å². The number of aryl methyl sites for hydroxylation is 2. The summed E-state index contributed by atoms with van der Waals surface area (Å²) in [6.07, 6.45) is 3.38. The molecule has 2 N–H and O–H groups in total. The fourth-order valence-corrected chi connectivity index (χ4v) is 2.34. The molecule has 2 rings (SSSR count). The van der Waals surface area contributed by atoms with Crippen molar-refractivity contribution in [3.05, 3.63) is 35.4 Å². The van der Waals surface area contributed by atoms with Gasteiger partial charge in [0, 0.05) is 26.2 Å². The second-order valence-electron chi connectivity index (χ2n) is 4.26. The second-order valence-corrected chi connectivity index (χ2v) is 4.70. The zero-order chi connectivity index (χ0) is 13.3. The monoisotopic (exact) mass is 264 g/mol. The van der Waals surface area contributed by atoms with Gasteiger partial charge in [0.2, 0.25) is 0 Å². The lowest BCUT2D eigenvalue weighted by Crippen LogP contribution is -2.23. The number of hydrogen-bond donors (Lipinski definition) is 1. The van der Waals surface area contributed by atoms with Crippen molar-refractivity contribution in [2.75, 3.05) is 11.9 Å². The number of hydrogen-bond acceptors (Lipinski definition) is 4. The SMILES string of the molecule is Cc1nn(C)c(N(C)Cc2ccoc2)c1C(N)=S. The van der Waals surface area contributed by atoms with E-state index in [1.165, 1.54) is 0 Å². The molecule has 0 spiro atoms. The van der Waals surface area contributed by atoms with Crippen LogP contribution in [0.4, 0.5) is 5.82 Å². The van der Waals surface area contributed by atoms with E-state index >= 15 is 0 Å². The van der Waals surface area contributed by atoms with Crippen molar-refractivity contribution in [2.45, 2.75) is 13.5 Å². The number of thiocarbonyl (C=S) groups is 1. The first-order chi connectivity index (χ1) is 8.50. The van der Waals surface area contributed by atoms with E-state index in [9.17, 15) is 0 Å². The minimum atomic E-state index is 0.370. The van der Waals surface area contributed by atoms with Crippen LogP contribution in [-0.4, -0.2) is 21.8 Å². The van der Waals surface area contributed by atoms with Crippen molar-refractivity contribution in [2.24, 2.45) is 12.8 Å². The van der Waals surface area contributed by atoms with Crippen LogP contribution in [0.5, 0.6) is 0 Å². The summed E-state index contributed by atoms with van der Waals surface area (Å²) in [5.74, 6) is 0.918. The molecule has 2 aromatic heterocycles. The fourth-order valence-electron chi connectivity index (χ4n) is 2.10. The lowest BCUT2D eigenvalue weighted by Gasteiger charge is -2.20. The molecule has 96 valence electrons. The number of rotatable bonds is 4. The van der Waals surface area contributed by atoms with Gasteiger partial charge in [-0.25, -0.2) is 0 Å². The molecule has 0 bridgehead atoms. The molecular formula is C12H16N4OS. The van der Waals surface area contributed by atoms with E-state index in [4.69, 9.17) is 22.4 Å². The molecule has 6 heteroatoms. The standard InChI is InChI=1S/C12H16N4OS/c1-8-10(11(13)18)12(16(3)14-8)15(2)6-9-4-5-17-7-9/h4-5,7H,6H2,1-3H3,(H2,13,18). The maximum absolute atomic E-state index is 5.77. The molecule has 0 atom stereocenters. The predicted molar refractivity (Wildman–Crippen MR) is 74.6 cm³/mol. The molecule has 0 aromatic carbocycles. The molecule has 0 aliphatic heterocycles. The molecule has 0 aliphatic carbocycles. The summed E-state index contributed by atoms with van der Waals surface area (Å²) in [6.45, 7) is 2.62. The largest absolute Gasteiger partial charge is 0.472 e. The molecule has 0 fully saturated rings. The summed E-state index contributed by atoms with van der Waals surface area (Å²) in [5, 5.41) is 4.37. The summed E-state index contributed by atoms with van der Waals surface area (Å²) in [5.41, 5.74) is 8.54. The first-order valence-corrected chi connectivity index (χ1v) is 5.97. The van der Waals surface area contributed by atoms with Crippen LogP contribution in [0.25, 0.3) is 0 Å². The van der Waals surface area contributed by atoms with Crippen molar-refractivity contribution in [1.29, 1.82) is 0 Å². The Bertz CT molecular complexity index is 559. The van der Waals surface area contributed by atoms with Crippen LogP contribution in [0.3, 0.4) is 0 Å². The molecular weight excluding hydrogens is 248 g/mol. The summed E-state index contributed by atoms with van der Waals surface area (Å²) < 4.78 is 6.86. The van der Waals surface area contributed by atoms with Crippen LogP contribution >= 0.6 is 12.2 Å². The topological polar surface area (TPSA) is 60.2 Å². The van der Waals surface area contributed by atoms with Crippen LogP contribution in [0.15, 0.2) is 23.0 Å². The summed E-state index contributed by atoms with van der Waals surface area (Å²) in [7, 11) is 3.86. The van der Waals surface area contributed by atoms with Crippen molar-refractivity contribution in [1.82, 2.24) is 9.78 Å². The van der Waals surface area contributed by atoms with Gasteiger partial charge >= 0.3 is 0 Å².